The summed E-state index contributed by atoms with van der Waals surface area (Å²) >= 11 is 0. The van der Waals surface area contributed by atoms with Crippen LogP contribution in [0.5, 0.6) is 0 Å². The Labute approximate surface area is 150 Å². The van der Waals surface area contributed by atoms with Gasteiger partial charge in [-0.2, -0.15) is 0 Å². The molecule has 1 aromatic rings. The lowest BCUT2D eigenvalue weighted by atomic mass is 9.95. The first-order valence-electron chi connectivity index (χ1n) is 9.51. The van der Waals surface area contributed by atoms with Gasteiger partial charge < -0.3 is 15.1 Å². The van der Waals surface area contributed by atoms with Gasteiger partial charge >= 0.3 is 0 Å². The molecular weight excluding hydrogens is 314 g/mol. The summed E-state index contributed by atoms with van der Waals surface area (Å²) in [5.41, 5.74) is 2.88. The molecule has 0 spiro atoms. The number of carbonyl (C=O) groups is 2. The molecule has 5 nitrogen and oxygen atoms in total. The van der Waals surface area contributed by atoms with Gasteiger partial charge in [0.05, 0.1) is 6.54 Å². The third kappa shape index (κ3) is 4.14. The van der Waals surface area contributed by atoms with Gasteiger partial charge in [0.15, 0.2) is 0 Å². The Morgan fingerprint density at radius 1 is 1.08 bits per heavy atom. The molecule has 0 bridgehead atoms. The summed E-state index contributed by atoms with van der Waals surface area (Å²) in [6, 6.07) is 5.98. The first-order chi connectivity index (χ1) is 12.1. The minimum absolute atomic E-state index is 0.0175. The summed E-state index contributed by atoms with van der Waals surface area (Å²) in [6.45, 7) is 7.00. The Balaban J connectivity index is 1.77. The van der Waals surface area contributed by atoms with Crippen molar-refractivity contribution in [1.29, 1.82) is 0 Å². The van der Waals surface area contributed by atoms with E-state index in [1.807, 2.05) is 36.9 Å². The van der Waals surface area contributed by atoms with Gasteiger partial charge in [0, 0.05) is 36.9 Å². The van der Waals surface area contributed by atoms with Gasteiger partial charge in [0.2, 0.25) is 5.91 Å². The number of nitrogens with zero attached hydrogens (tertiary/aromatic N) is 2. The van der Waals surface area contributed by atoms with E-state index in [0.717, 1.165) is 62.1 Å². The highest BCUT2D eigenvalue weighted by atomic mass is 16.2. The zero-order valence-corrected chi connectivity index (χ0v) is 15.4. The SMILES string of the molecule is CC(C)NC(=O)c1cccc2c1CCCN2CC(=O)N1CCCCC1. The molecular formula is C20H29N3O2. The Hall–Kier alpha value is -2.04. The molecule has 0 aromatic heterocycles. The van der Waals surface area contributed by atoms with Crippen molar-refractivity contribution in [2.24, 2.45) is 0 Å². The molecule has 2 aliphatic heterocycles. The molecule has 2 heterocycles. The summed E-state index contributed by atoms with van der Waals surface area (Å²) in [5, 5.41) is 2.98. The van der Waals surface area contributed by atoms with Crippen LogP contribution in [-0.4, -0.2) is 48.9 Å². The van der Waals surface area contributed by atoms with E-state index in [4.69, 9.17) is 0 Å². The molecule has 0 atom stereocenters. The number of piperidine rings is 1. The van der Waals surface area contributed by atoms with Crippen LogP contribution in [0.1, 0.15) is 55.5 Å². The first-order valence-corrected chi connectivity index (χ1v) is 9.51. The van der Waals surface area contributed by atoms with Crippen molar-refractivity contribution in [3.63, 3.8) is 0 Å². The summed E-state index contributed by atoms with van der Waals surface area (Å²) in [4.78, 5) is 29.3. The molecule has 1 aromatic carbocycles. The number of hydrogen-bond donors (Lipinski definition) is 1. The van der Waals surface area contributed by atoms with Crippen molar-refractivity contribution in [2.75, 3.05) is 31.1 Å². The van der Waals surface area contributed by atoms with Crippen LogP contribution >= 0.6 is 0 Å². The molecule has 5 heteroatoms. The zero-order valence-electron chi connectivity index (χ0n) is 15.4. The standard InChI is InChI=1S/C20H29N3O2/c1-15(2)21-20(25)17-8-6-10-18-16(17)9-7-13-23(18)14-19(24)22-11-4-3-5-12-22/h6,8,10,15H,3-5,7,9,11-14H2,1-2H3,(H,21,25). The maximum absolute atomic E-state index is 12.6. The molecule has 2 amide bonds. The van der Waals surface area contributed by atoms with Crippen LogP contribution in [0.25, 0.3) is 0 Å². The smallest absolute Gasteiger partial charge is 0.251 e. The van der Waals surface area contributed by atoms with Gasteiger partial charge in [-0.15, -0.1) is 0 Å². The van der Waals surface area contributed by atoms with E-state index in [1.165, 1.54) is 6.42 Å². The van der Waals surface area contributed by atoms with Crippen molar-refractivity contribution in [2.45, 2.75) is 52.0 Å². The molecule has 0 aliphatic carbocycles. The average Bonchev–Trinajstić information content (AvgIpc) is 2.61. The van der Waals surface area contributed by atoms with Crippen LogP contribution in [0, 0.1) is 0 Å². The third-order valence-corrected chi connectivity index (χ3v) is 5.05. The van der Waals surface area contributed by atoms with Crippen LogP contribution in [-0.2, 0) is 11.2 Å². The molecule has 2 aliphatic rings. The topological polar surface area (TPSA) is 52.7 Å². The Kier molecular flexibility index (Phi) is 5.61. The Bertz CT molecular complexity index is 636. The molecule has 0 saturated carbocycles. The highest BCUT2D eigenvalue weighted by Crippen LogP contribution is 2.30. The number of likely N-dealkylation sites (tertiary alicyclic amines) is 1. The van der Waals surface area contributed by atoms with Crippen molar-refractivity contribution in [3.05, 3.63) is 29.3 Å². The predicted octanol–water partition coefficient (Wildman–Crippen LogP) is 2.59. The number of anilines is 1. The average molecular weight is 343 g/mol. The fourth-order valence-electron chi connectivity index (χ4n) is 3.82. The molecule has 1 saturated heterocycles. The van der Waals surface area contributed by atoms with E-state index in [-0.39, 0.29) is 17.9 Å². The molecule has 0 unspecified atom stereocenters. The van der Waals surface area contributed by atoms with Crippen LogP contribution in [0.15, 0.2) is 18.2 Å². The molecule has 3 rings (SSSR count). The van der Waals surface area contributed by atoms with Gasteiger partial charge in [-0.1, -0.05) is 6.07 Å². The van der Waals surface area contributed by atoms with Crippen molar-refractivity contribution in [1.82, 2.24) is 10.2 Å². The van der Waals surface area contributed by atoms with E-state index < -0.39 is 0 Å². The normalized spacial score (nSPS) is 17.4. The van der Waals surface area contributed by atoms with E-state index >= 15 is 0 Å². The van der Waals surface area contributed by atoms with Gasteiger partial charge in [-0.3, -0.25) is 9.59 Å². The molecule has 1 fully saturated rings. The highest BCUT2D eigenvalue weighted by Gasteiger charge is 2.25. The van der Waals surface area contributed by atoms with E-state index in [1.54, 1.807) is 0 Å². The van der Waals surface area contributed by atoms with Gasteiger partial charge in [-0.25, -0.2) is 0 Å². The maximum atomic E-state index is 12.6. The molecule has 0 radical (unpaired) electrons. The number of benzene rings is 1. The molecule has 1 N–H and O–H groups in total. The zero-order chi connectivity index (χ0) is 17.8. The molecule has 136 valence electrons. The number of fused-ring (bicyclic) bond motifs is 1. The minimum atomic E-state index is -0.0175. The Morgan fingerprint density at radius 3 is 2.56 bits per heavy atom. The fourth-order valence-corrected chi connectivity index (χ4v) is 3.82. The van der Waals surface area contributed by atoms with Crippen LogP contribution < -0.4 is 10.2 Å². The van der Waals surface area contributed by atoms with Crippen LogP contribution in [0.2, 0.25) is 0 Å². The third-order valence-electron chi connectivity index (χ3n) is 5.05. The lowest BCUT2D eigenvalue weighted by Gasteiger charge is -2.34. The second-order valence-corrected chi connectivity index (χ2v) is 7.40. The molecule has 25 heavy (non-hydrogen) atoms. The summed E-state index contributed by atoms with van der Waals surface area (Å²) < 4.78 is 0. The predicted molar refractivity (Wildman–Crippen MR) is 100 cm³/mol. The summed E-state index contributed by atoms with van der Waals surface area (Å²) in [7, 11) is 0. The minimum Gasteiger partial charge on any atom is -0.362 e. The van der Waals surface area contributed by atoms with Gasteiger partial charge in [0.1, 0.15) is 0 Å². The lowest BCUT2D eigenvalue weighted by Crippen LogP contribution is -2.44. The number of hydrogen-bond acceptors (Lipinski definition) is 3. The summed E-state index contributed by atoms with van der Waals surface area (Å²) in [6.07, 6.45) is 5.33. The van der Waals surface area contributed by atoms with Crippen molar-refractivity contribution in [3.8, 4) is 0 Å². The monoisotopic (exact) mass is 343 g/mol. The van der Waals surface area contributed by atoms with E-state index in [0.29, 0.717) is 6.54 Å². The maximum Gasteiger partial charge on any atom is 0.251 e. The van der Waals surface area contributed by atoms with E-state index in [9.17, 15) is 9.59 Å². The summed E-state index contributed by atoms with van der Waals surface area (Å²) in [5.74, 6) is 0.195. The number of rotatable bonds is 4. The van der Waals surface area contributed by atoms with Crippen molar-refractivity contribution >= 4 is 17.5 Å². The highest BCUT2D eigenvalue weighted by molar-refractivity contribution is 5.97. The van der Waals surface area contributed by atoms with Gasteiger partial charge in [0.25, 0.3) is 5.91 Å². The number of nitrogens with one attached hydrogen (secondary N) is 1. The number of carbonyl (C=O) groups excluding carboxylic acids is 2. The van der Waals surface area contributed by atoms with Gasteiger partial charge in [-0.05, 0) is 63.6 Å². The quantitative estimate of drug-likeness (QED) is 0.914. The van der Waals surface area contributed by atoms with E-state index in [2.05, 4.69) is 10.2 Å². The first kappa shape index (κ1) is 17.8. The second kappa shape index (κ2) is 7.89. The lowest BCUT2D eigenvalue weighted by molar-refractivity contribution is -0.130. The van der Waals surface area contributed by atoms with Crippen LogP contribution in [0.3, 0.4) is 0 Å². The Morgan fingerprint density at radius 2 is 1.84 bits per heavy atom. The largest absolute Gasteiger partial charge is 0.362 e. The van der Waals surface area contributed by atoms with Crippen molar-refractivity contribution < 1.29 is 9.59 Å². The van der Waals surface area contributed by atoms with Crippen LogP contribution in [0.4, 0.5) is 5.69 Å². The number of amides is 2. The second-order valence-electron chi connectivity index (χ2n) is 7.40. The fraction of sp³-hybridized carbons (Fsp3) is 0.600.